The zero-order valence-corrected chi connectivity index (χ0v) is 8.09. The summed E-state index contributed by atoms with van der Waals surface area (Å²) in [5.74, 6) is 0. The second-order valence-electron chi connectivity index (χ2n) is 3.74. The molecule has 0 N–H and O–H groups in total. The first-order chi connectivity index (χ1) is 5.58. The largest absolute Gasteiger partial charge is 0.102 e. The van der Waals surface area contributed by atoms with Gasteiger partial charge in [0.25, 0.3) is 0 Å². The molecule has 0 atom stereocenters. The van der Waals surface area contributed by atoms with Gasteiger partial charge in [-0.2, -0.15) is 0 Å². The highest BCUT2D eigenvalue weighted by atomic mass is 14.2. The minimum absolute atomic E-state index is 0.0886. The number of hydrogen-bond donors (Lipinski definition) is 0. The number of hydrogen-bond acceptors (Lipinski definition) is 0. The molecule has 1 aromatic carbocycles. The molecule has 0 bridgehead atoms. The molecule has 0 aliphatic carbocycles. The minimum Gasteiger partial charge on any atom is -0.102 e. The molecule has 1 aromatic rings. The van der Waals surface area contributed by atoms with Crippen molar-refractivity contribution in [2.45, 2.75) is 26.2 Å². The van der Waals surface area contributed by atoms with Gasteiger partial charge in [0, 0.05) is 5.41 Å². The summed E-state index contributed by atoms with van der Waals surface area (Å²) in [6.07, 6.45) is 2.00. The van der Waals surface area contributed by atoms with E-state index in [1.54, 1.807) is 0 Å². The SMILES string of the molecule is C=CC(C)(C)c1ccccc1C. The van der Waals surface area contributed by atoms with Gasteiger partial charge in [0.1, 0.15) is 0 Å². The summed E-state index contributed by atoms with van der Waals surface area (Å²) in [5, 5.41) is 0. The van der Waals surface area contributed by atoms with Gasteiger partial charge in [0.05, 0.1) is 0 Å². The Kier molecular flexibility index (Phi) is 2.37. The minimum atomic E-state index is 0.0886. The molecule has 0 radical (unpaired) electrons. The van der Waals surface area contributed by atoms with Gasteiger partial charge in [-0.05, 0) is 18.1 Å². The van der Waals surface area contributed by atoms with Crippen LogP contribution in [0.4, 0.5) is 0 Å². The predicted octanol–water partition coefficient (Wildman–Crippen LogP) is 3.46. The lowest BCUT2D eigenvalue weighted by Gasteiger charge is -2.22. The van der Waals surface area contributed by atoms with Gasteiger partial charge < -0.3 is 0 Å². The summed E-state index contributed by atoms with van der Waals surface area (Å²) in [4.78, 5) is 0. The summed E-state index contributed by atoms with van der Waals surface area (Å²) in [7, 11) is 0. The molecule has 0 aromatic heterocycles. The van der Waals surface area contributed by atoms with E-state index in [1.165, 1.54) is 11.1 Å². The molecular weight excluding hydrogens is 144 g/mol. The molecule has 0 spiro atoms. The van der Waals surface area contributed by atoms with Gasteiger partial charge >= 0.3 is 0 Å². The van der Waals surface area contributed by atoms with Crippen molar-refractivity contribution in [3.8, 4) is 0 Å². The average Bonchev–Trinajstić information content (AvgIpc) is 2.05. The molecule has 0 heterocycles. The smallest absolute Gasteiger partial charge is 0.00753 e. The number of aryl methyl sites for hydroxylation is 1. The molecule has 0 unspecified atom stereocenters. The molecule has 0 heteroatoms. The van der Waals surface area contributed by atoms with E-state index in [-0.39, 0.29) is 5.41 Å². The molecule has 0 aliphatic rings. The topological polar surface area (TPSA) is 0 Å². The van der Waals surface area contributed by atoms with Crippen molar-refractivity contribution in [1.82, 2.24) is 0 Å². The lowest BCUT2D eigenvalue weighted by Crippen LogP contribution is -2.14. The first-order valence-electron chi connectivity index (χ1n) is 4.27. The molecule has 0 nitrogen and oxygen atoms in total. The molecule has 0 amide bonds. The van der Waals surface area contributed by atoms with E-state index < -0.39 is 0 Å². The van der Waals surface area contributed by atoms with Gasteiger partial charge in [0.2, 0.25) is 0 Å². The maximum absolute atomic E-state index is 3.85. The van der Waals surface area contributed by atoms with Crippen LogP contribution in [0.1, 0.15) is 25.0 Å². The fraction of sp³-hybridized carbons (Fsp3) is 0.333. The Bertz CT molecular complexity index is 282. The van der Waals surface area contributed by atoms with Gasteiger partial charge in [0.15, 0.2) is 0 Å². The third-order valence-electron chi connectivity index (χ3n) is 2.35. The lowest BCUT2D eigenvalue weighted by atomic mass is 9.82. The van der Waals surface area contributed by atoms with Crippen LogP contribution in [-0.4, -0.2) is 0 Å². The normalized spacial score (nSPS) is 11.2. The molecular formula is C12H16. The number of allylic oxidation sites excluding steroid dienone is 1. The fourth-order valence-electron chi connectivity index (χ4n) is 1.41. The Balaban J connectivity index is 3.19. The van der Waals surface area contributed by atoms with E-state index >= 15 is 0 Å². The summed E-state index contributed by atoms with van der Waals surface area (Å²) in [6, 6.07) is 8.45. The maximum Gasteiger partial charge on any atom is 0.00753 e. The Labute approximate surface area is 74.9 Å². The molecule has 0 saturated heterocycles. The van der Waals surface area contributed by atoms with Gasteiger partial charge in [-0.3, -0.25) is 0 Å². The zero-order valence-electron chi connectivity index (χ0n) is 8.09. The van der Waals surface area contributed by atoms with Gasteiger partial charge in [-0.25, -0.2) is 0 Å². The van der Waals surface area contributed by atoms with E-state index in [4.69, 9.17) is 0 Å². The van der Waals surface area contributed by atoms with Crippen molar-refractivity contribution < 1.29 is 0 Å². The molecule has 1 rings (SSSR count). The van der Waals surface area contributed by atoms with Crippen LogP contribution in [0.25, 0.3) is 0 Å². The highest BCUT2D eigenvalue weighted by Gasteiger charge is 2.16. The Morgan fingerprint density at radius 3 is 2.33 bits per heavy atom. The van der Waals surface area contributed by atoms with E-state index in [9.17, 15) is 0 Å². The van der Waals surface area contributed by atoms with E-state index in [1.807, 2.05) is 6.08 Å². The average molecular weight is 160 g/mol. The fourth-order valence-corrected chi connectivity index (χ4v) is 1.41. The third kappa shape index (κ3) is 1.58. The van der Waals surface area contributed by atoms with Crippen molar-refractivity contribution in [2.75, 3.05) is 0 Å². The van der Waals surface area contributed by atoms with Gasteiger partial charge in [-0.1, -0.05) is 44.2 Å². The van der Waals surface area contributed by atoms with Crippen molar-refractivity contribution in [3.63, 3.8) is 0 Å². The van der Waals surface area contributed by atoms with Crippen LogP contribution in [0.2, 0.25) is 0 Å². The first-order valence-corrected chi connectivity index (χ1v) is 4.27. The van der Waals surface area contributed by atoms with Crippen LogP contribution < -0.4 is 0 Å². The van der Waals surface area contributed by atoms with Crippen LogP contribution in [0.15, 0.2) is 36.9 Å². The van der Waals surface area contributed by atoms with Gasteiger partial charge in [-0.15, -0.1) is 6.58 Å². The van der Waals surface area contributed by atoms with E-state index in [2.05, 4.69) is 51.6 Å². The van der Waals surface area contributed by atoms with Crippen molar-refractivity contribution in [3.05, 3.63) is 48.0 Å². The van der Waals surface area contributed by atoms with Crippen LogP contribution >= 0.6 is 0 Å². The number of benzene rings is 1. The van der Waals surface area contributed by atoms with Crippen LogP contribution in [-0.2, 0) is 5.41 Å². The summed E-state index contributed by atoms with van der Waals surface area (Å²) >= 11 is 0. The van der Waals surface area contributed by atoms with E-state index in [0.717, 1.165) is 0 Å². The third-order valence-corrected chi connectivity index (χ3v) is 2.35. The predicted molar refractivity (Wildman–Crippen MR) is 54.4 cm³/mol. The van der Waals surface area contributed by atoms with Crippen LogP contribution in [0.5, 0.6) is 0 Å². The summed E-state index contributed by atoms with van der Waals surface area (Å²) in [5.41, 5.74) is 2.79. The Morgan fingerprint density at radius 2 is 1.83 bits per heavy atom. The number of rotatable bonds is 2. The molecule has 0 fully saturated rings. The highest BCUT2D eigenvalue weighted by Crippen LogP contribution is 2.26. The summed E-state index contributed by atoms with van der Waals surface area (Å²) < 4.78 is 0. The molecule has 12 heavy (non-hydrogen) atoms. The zero-order chi connectivity index (χ0) is 9.19. The van der Waals surface area contributed by atoms with Crippen molar-refractivity contribution in [2.24, 2.45) is 0 Å². The first kappa shape index (κ1) is 9.05. The molecule has 0 saturated carbocycles. The Morgan fingerprint density at radius 1 is 1.25 bits per heavy atom. The van der Waals surface area contributed by atoms with Crippen LogP contribution in [0, 0.1) is 6.92 Å². The molecule has 64 valence electrons. The summed E-state index contributed by atoms with van der Waals surface area (Å²) in [6.45, 7) is 10.4. The standard InChI is InChI=1S/C12H16/c1-5-12(3,4)11-9-7-6-8-10(11)2/h5-9H,1H2,2-4H3. The Hall–Kier alpha value is -1.04. The van der Waals surface area contributed by atoms with Crippen molar-refractivity contribution in [1.29, 1.82) is 0 Å². The maximum atomic E-state index is 3.85. The quantitative estimate of drug-likeness (QED) is 0.581. The van der Waals surface area contributed by atoms with E-state index in [0.29, 0.717) is 0 Å². The van der Waals surface area contributed by atoms with Crippen molar-refractivity contribution >= 4 is 0 Å². The van der Waals surface area contributed by atoms with Crippen LogP contribution in [0.3, 0.4) is 0 Å². The monoisotopic (exact) mass is 160 g/mol. The second kappa shape index (κ2) is 3.14. The lowest BCUT2D eigenvalue weighted by molar-refractivity contribution is 0.666. The molecule has 0 aliphatic heterocycles. The highest BCUT2D eigenvalue weighted by molar-refractivity contribution is 5.35. The second-order valence-corrected chi connectivity index (χ2v) is 3.74.